The summed E-state index contributed by atoms with van der Waals surface area (Å²) in [4.78, 5) is 25.0. The normalized spacial score (nSPS) is 16.8. The zero-order chi connectivity index (χ0) is 21.9. The lowest BCUT2D eigenvalue weighted by Gasteiger charge is -2.27. The molecule has 3 N–H and O–H groups in total. The number of sulfonamides is 1. The molecule has 2 atom stereocenters. The Morgan fingerprint density at radius 2 is 1.93 bits per heavy atom. The van der Waals surface area contributed by atoms with Crippen molar-refractivity contribution in [2.75, 3.05) is 7.11 Å². The second kappa shape index (κ2) is 8.85. The van der Waals surface area contributed by atoms with Crippen LogP contribution in [0.4, 0.5) is 0 Å². The summed E-state index contributed by atoms with van der Waals surface area (Å²) in [5.74, 6) is -1.21. The van der Waals surface area contributed by atoms with E-state index in [4.69, 9.17) is 14.6 Å². The molecule has 1 aliphatic rings. The molecule has 3 rings (SSSR count). The summed E-state index contributed by atoms with van der Waals surface area (Å²) in [6, 6.07) is 11.4. The van der Waals surface area contributed by atoms with Crippen molar-refractivity contribution in [2.45, 2.75) is 43.2 Å². The molecule has 30 heavy (non-hydrogen) atoms. The van der Waals surface area contributed by atoms with Crippen LogP contribution in [0.3, 0.4) is 0 Å². The average Bonchev–Trinajstić information content (AvgIpc) is 2.72. The number of amides is 1. The first-order valence-corrected chi connectivity index (χ1v) is 11.1. The maximum atomic E-state index is 12.6. The van der Waals surface area contributed by atoms with Gasteiger partial charge in [0.05, 0.1) is 18.0 Å². The summed E-state index contributed by atoms with van der Waals surface area (Å²) in [6.45, 7) is 1.46. The fraction of sp³-hybridized carbons (Fsp3) is 0.333. The highest BCUT2D eigenvalue weighted by Crippen LogP contribution is 2.29. The van der Waals surface area contributed by atoms with Crippen molar-refractivity contribution < 1.29 is 27.5 Å². The number of hydrogen-bond acceptors (Lipinski definition) is 6. The van der Waals surface area contributed by atoms with Crippen LogP contribution in [0.15, 0.2) is 47.4 Å². The van der Waals surface area contributed by atoms with Crippen LogP contribution in [-0.4, -0.2) is 33.5 Å². The first-order valence-electron chi connectivity index (χ1n) is 9.50. The van der Waals surface area contributed by atoms with Crippen molar-refractivity contribution in [3.63, 3.8) is 0 Å². The highest BCUT2D eigenvalue weighted by Gasteiger charge is 2.27. The SMILES string of the molecule is COc1ccc(S(N)(=O)=O)cc1C(=O)OC(C)C(=O)NC1CCCc2ccccc21. The summed E-state index contributed by atoms with van der Waals surface area (Å²) in [7, 11) is -2.69. The van der Waals surface area contributed by atoms with E-state index in [0.717, 1.165) is 30.9 Å². The minimum absolute atomic E-state index is 0.112. The molecule has 9 heteroatoms. The molecular formula is C21H24N2O6S. The average molecular weight is 432 g/mol. The molecule has 0 spiro atoms. The molecule has 2 aromatic rings. The molecule has 0 radical (unpaired) electrons. The van der Waals surface area contributed by atoms with Gasteiger partial charge in [0.1, 0.15) is 11.3 Å². The van der Waals surface area contributed by atoms with Crippen LogP contribution in [-0.2, 0) is 26.0 Å². The Morgan fingerprint density at radius 3 is 2.63 bits per heavy atom. The topological polar surface area (TPSA) is 125 Å². The number of rotatable bonds is 6. The number of hydrogen-bond donors (Lipinski definition) is 2. The standard InChI is InChI=1S/C21H24N2O6S/c1-13(20(24)23-18-9-5-7-14-6-3-4-8-16(14)18)29-21(25)17-12-15(30(22,26)27)10-11-19(17)28-2/h3-4,6,8,10-13,18H,5,7,9H2,1-2H3,(H,23,24)(H2,22,26,27). The molecular weight excluding hydrogens is 408 g/mol. The third kappa shape index (κ3) is 4.80. The number of primary sulfonamides is 1. The fourth-order valence-corrected chi connectivity index (χ4v) is 4.03. The highest BCUT2D eigenvalue weighted by molar-refractivity contribution is 7.89. The van der Waals surface area contributed by atoms with Crippen LogP contribution >= 0.6 is 0 Å². The zero-order valence-corrected chi connectivity index (χ0v) is 17.6. The van der Waals surface area contributed by atoms with Crippen molar-refractivity contribution in [3.8, 4) is 5.75 Å². The number of nitrogens with one attached hydrogen (secondary N) is 1. The Bertz CT molecular complexity index is 1070. The number of nitrogens with two attached hydrogens (primary N) is 1. The predicted octanol–water partition coefficient (Wildman–Crippen LogP) is 2.08. The van der Waals surface area contributed by atoms with Gasteiger partial charge >= 0.3 is 5.97 Å². The minimum Gasteiger partial charge on any atom is -0.496 e. The first kappa shape index (κ1) is 21.8. The van der Waals surface area contributed by atoms with Crippen LogP contribution in [0, 0.1) is 0 Å². The summed E-state index contributed by atoms with van der Waals surface area (Å²) < 4.78 is 33.5. The fourth-order valence-electron chi connectivity index (χ4n) is 3.49. The molecule has 0 fully saturated rings. The van der Waals surface area contributed by atoms with Crippen molar-refractivity contribution in [1.29, 1.82) is 0 Å². The Morgan fingerprint density at radius 1 is 1.20 bits per heavy atom. The molecule has 160 valence electrons. The van der Waals surface area contributed by atoms with E-state index < -0.39 is 28.0 Å². The number of carbonyl (C=O) groups excluding carboxylic acids is 2. The van der Waals surface area contributed by atoms with Gasteiger partial charge in [-0.3, -0.25) is 4.79 Å². The van der Waals surface area contributed by atoms with Crippen molar-refractivity contribution in [2.24, 2.45) is 5.14 Å². The maximum absolute atomic E-state index is 12.6. The number of ether oxygens (including phenoxy) is 2. The second-order valence-corrected chi connectivity index (χ2v) is 8.67. The Balaban J connectivity index is 1.72. The van der Waals surface area contributed by atoms with Gasteiger partial charge < -0.3 is 14.8 Å². The monoisotopic (exact) mass is 432 g/mol. The summed E-state index contributed by atoms with van der Waals surface area (Å²) in [6.07, 6.45) is 1.63. The molecule has 0 heterocycles. The molecule has 1 amide bonds. The predicted molar refractivity (Wildman–Crippen MR) is 110 cm³/mol. The summed E-state index contributed by atoms with van der Waals surface area (Å²) in [5.41, 5.74) is 2.13. The lowest BCUT2D eigenvalue weighted by molar-refractivity contribution is -0.130. The van der Waals surface area contributed by atoms with Gasteiger partial charge in [0.15, 0.2) is 6.10 Å². The van der Waals surface area contributed by atoms with Crippen LogP contribution in [0.2, 0.25) is 0 Å². The van der Waals surface area contributed by atoms with E-state index in [1.54, 1.807) is 0 Å². The molecule has 0 saturated heterocycles. The van der Waals surface area contributed by atoms with E-state index in [9.17, 15) is 18.0 Å². The van der Waals surface area contributed by atoms with Gasteiger partial charge in [0.2, 0.25) is 10.0 Å². The van der Waals surface area contributed by atoms with Crippen LogP contribution in [0.25, 0.3) is 0 Å². The lowest BCUT2D eigenvalue weighted by atomic mass is 9.87. The Kier molecular flexibility index (Phi) is 6.42. The first-order chi connectivity index (χ1) is 14.2. The van der Waals surface area contributed by atoms with E-state index in [2.05, 4.69) is 5.32 Å². The lowest BCUT2D eigenvalue weighted by Crippen LogP contribution is -2.39. The molecule has 1 aliphatic carbocycles. The molecule has 0 aromatic heterocycles. The van der Waals surface area contributed by atoms with E-state index in [-0.39, 0.29) is 22.3 Å². The largest absolute Gasteiger partial charge is 0.496 e. The third-order valence-corrected chi connectivity index (χ3v) is 5.97. The number of fused-ring (bicyclic) bond motifs is 1. The van der Waals surface area contributed by atoms with Gasteiger partial charge in [0.25, 0.3) is 5.91 Å². The van der Waals surface area contributed by atoms with Crippen molar-refractivity contribution >= 4 is 21.9 Å². The Hall–Kier alpha value is -2.91. The minimum atomic E-state index is -4.02. The number of benzene rings is 2. The number of methoxy groups -OCH3 is 1. The quantitative estimate of drug-likeness (QED) is 0.674. The van der Waals surface area contributed by atoms with Crippen LogP contribution in [0.5, 0.6) is 5.75 Å². The van der Waals surface area contributed by atoms with Gasteiger partial charge in [-0.15, -0.1) is 0 Å². The van der Waals surface area contributed by atoms with Gasteiger partial charge in [-0.2, -0.15) is 0 Å². The molecule has 0 bridgehead atoms. The highest BCUT2D eigenvalue weighted by atomic mass is 32.2. The van der Waals surface area contributed by atoms with E-state index in [1.165, 1.54) is 31.7 Å². The van der Waals surface area contributed by atoms with Gasteiger partial charge in [-0.1, -0.05) is 24.3 Å². The third-order valence-electron chi connectivity index (χ3n) is 5.06. The van der Waals surface area contributed by atoms with Crippen LogP contribution in [0.1, 0.15) is 47.3 Å². The summed E-state index contributed by atoms with van der Waals surface area (Å²) in [5, 5.41) is 8.06. The molecule has 0 aliphatic heterocycles. The molecule has 2 unspecified atom stereocenters. The number of carbonyl (C=O) groups is 2. The molecule has 0 saturated carbocycles. The van der Waals surface area contributed by atoms with Gasteiger partial charge in [0, 0.05) is 0 Å². The van der Waals surface area contributed by atoms with E-state index in [1.807, 2.05) is 24.3 Å². The molecule has 8 nitrogen and oxygen atoms in total. The van der Waals surface area contributed by atoms with Crippen molar-refractivity contribution in [3.05, 3.63) is 59.2 Å². The van der Waals surface area contributed by atoms with Gasteiger partial charge in [-0.25, -0.2) is 18.4 Å². The smallest absolute Gasteiger partial charge is 0.342 e. The van der Waals surface area contributed by atoms with E-state index >= 15 is 0 Å². The number of aryl methyl sites for hydroxylation is 1. The maximum Gasteiger partial charge on any atom is 0.342 e. The summed E-state index contributed by atoms with van der Waals surface area (Å²) >= 11 is 0. The Labute approximate surface area is 175 Å². The van der Waals surface area contributed by atoms with Crippen molar-refractivity contribution in [1.82, 2.24) is 5.32 Å². The number of esters is 1. The second-order valence-electron chi connectivity index (χ2n) is 7.11. The molecule has 2 aromatic carbocycles. The van der Waals surface area contributed by atoms with E-state index in [0.29, 0.717) is 0 Å². The van der Waals surface area contributed by atoms with Gasteiger partial charge in [-0.05, 0) is 55.5 Å². The zero-order valence-electron chi connectivity index (χ0n) is 16.8. The van der Waals surface area contributed by atoms with Crippen LogP contribution < -0.4 is 15.2 Å².